The van der Waals surface area contributed by atoms with Gasteiger partial charge in [0.25, 0.3) is 5.89 Å². The lowest BCUT2D eigenvalue weighted by atomic mass is 10.1. The van der Waals surface area contributed by atoms with E-state index in [2.05, 4.69) is 15.2 Å². The molecule has 4 aromatic rings. The molecule has 1 aliphatic heterocycles. The smallest absolute Gasteiger partial charge is 0.278 e. The molecule has 0 aliphatic carbocycles. The van der Waals surface area contributed by atoms with E-state index < -0.39 is 5.82 Å². The maximum atomic E-state index is 13.7. The number of ether oxygens (including phenoxy) is 1. The second-order valence-corrected chi connectivity index (χ2v) is 7.01. The Hall–Kier alpha value is -3.10. The van der Waals surface area contributed by atoms with Gasteiger partial charge in [0.15, 0.2) is 5.69 Å². The highest BCUT2D eigenvalue weighted by atomic mass is 35.5. The first-order chi connectivity index (χ1) is 14.1. The van der Waals surface area contributed by atoms with Gasteiger partial charge in [-0.15, -0.1) is 0 Å². The first kappa shape index (κ1) is 18.0. The molecule has 3 heterocycles. The van der Waals surface area contributed by atoms with Gasteiger partial charge in [0.2, 0.25) is 5.82 Å². The van der Waals surface area contributed by atoms with E-state index in [1.807, 2.05) is 0 Å². The molecule has 2 aromatic carbocycles. The minimum absolute atomic E-state index is 0.0231. The highest BCUT2D eigenvalue weighted by Crippen LogP contribution is 2.30. The van der Waals surface area contributed by atoms with Crippen LogP contribution in [0.1, 0.15) is 17.4 Å². The summed E-state index contributed by atoms with van der Waals surface area (Å²) in [5.41, 5.74) is 2.68. The zero-order valence-electron chi connectivity index (χ0n) is 14.8. The summed E-state index contributed by atoms with van der Waals surface area (Å²) >= 11 is 5.71. The minimum atomic E-state index is -0.558. The molecule has 9 heteroatoms. The lowest BCUT2D eigenvalue weighted by molar-refractivity contribution is -0.00116. The van der Waals surface area contributed by atoms with Crippen LogP contribution < -0.4 is 0 Å². The minimum Gasteiger partial charge on any atom is -0.365 e. The zero-order chi connectivity index (χ0) is 20.0. The second-order valence-electron chi connectivity index (χ2n) is 6.61. The number of fused-ring (bicyclic) bond motifs is 1. The first-order valence-corrected chi connectivity index (χ1v) is 9.18. The summed E-state index contributed by atoms with van der Waals surface area (Å²) < 4.78 is 39.8. The molecule has 5 rings (SSSR count). The van der Waals surface area contributed by atoms with E-state index in [4.69, 9.17) is 20.9 Å². The van der Waals surface area contributed by atoms with Crippen LogP contribution in [0.4, 0.5) is 8.78 Å². The SMILES string of the molecule is Fc1ccc([C@@H]2Cn3nc(-c4nc(-c5ccc(Cl)c(F)c5)no4)cc3CO2)cc1. The molecule has 6 nitrogen and oxygen atoms in total. The van der Waals surface area contributed by atoms with Crippen LogP contribution in [0.2, 0.25) is 5.02 Å². The molecule has 0 unspecified atom stereocenters. The zero-order valence-corrected chi connectivity index (χ0v) is 15.6. The predicted molar refractivity (Wildman–Crippen MR) is 99.9 cm³/mol. The molecule has 0 bridgehead atoms. The van der Waals surface area contributed by atoms with Gasteiger partial charge in [0.05, 0.1) is 23.9 Å². The summed E-state index contributed by atoms with van der Waals surface area (Å²) in [5.74, 6) is -0.395. The number of aromatic nitrogens is 4. The Labute approximate surface area is 168 Å². The van der Waals surface area contributed by atoms with Crippen molar-refractivity contribution in [1.29, 1.82) is 0 Å². The molecule has 0 amide bonds. The highest BCUT2D eigenvalue weighted by Gasteiger charge is 2.24. The number of hydrogen-bond donors (Lipinski definition) is 0. The fourth-order valence-electron chi connectivity index (χ4n) is 3.19. The van der Waals surface area contributed by atoms with Crippen molar-refractivity contribution in [2.24, 2.45) is 0 Å². The fourth-order valence-corrected chi connectivity index (χ4v) is 3.31. The van der Waals surface area contributed by atoms with Crippen LogP contribution in [-0.4, -0.2) is 19.9 Å². The molecule has 0 radical (unpaired) electrons. The summed E-state index contributed by atoms with van der Waals surface area (Å²) in [6.07, 6.45) is -0.230. The van der Waals surface area contributed by atoms with Gasteiger partial charge in [-0.1, -0.05) is 28.9 Å². The molecule has 0 saturated carbocycles. The summed E-state index contributed by atoms with van der Waals surface area (Å²) in [4.78, 5) is 4.31. The van der Waals surface area contributed by atoms with Crippen LogP contribution in [-0.2, 0) is 17.9 Å². The molecule has 2 aromatic heterocycles. The fraction of sp³-hybridized carbons (Fsp3) is 0.150. The summed E-state index contributed by atoms with van der Waals surface area (Å²) in [7, 11) is 0. The van der Waals surface area contributed by atoms with Crippen molar-refractivity contribution in [2.45, 2.75) is 19.3 Å². The number of halogens is 3. The van der Waals surface area contributed by atoms with Crippen molar-refractivity contribution >= 4 is 11.6 Å². The molecule has 0 spiro atoms. The van der Waals surface area contributed by atoms with E-state index in [-0.39, 0.29) is 28.7 Å². The molecule has 146 valence electrons. The number of benzene rings is 2. The average molecular weight is 415 g/mol. The molecule has 0 fully saturated rings. The standard InChI is InChI=1S/C20H13ClF2N4O2/c21-15-6-3-12(7-16(15)23)19-24-20(29-26-19)17-8-14-10-28-18(9-27(14)25-17)11-1-4-13(22)5-2-11/h1-8,18H,9-10H2/t18-/m0/s1. The van der Waals surface area contributed by atoms with E-state index >= 15 is 0 Å². The molecule has 1 aliphatic rings. The van der Waals surface area contributed by atoms with Crippen molar-refractivity contribution in [3.05, 3.63) is 76.4 Å². The highest BCUT2D eigenvalue weighted by molar-refractivity contribution is 6.30. The Kier molecular flexibility index (Phi) is 4.37. The Balaban J connectivity index is 1.40. The number of nitrogens with zero attached hydrogens (tertiary/aromatic N) is 4. The van der Waals surface area contributed by atoms with Gasteiger partial charge in [-0.2, -0.15) is 10.1 Å². The first-order valence-electron chi connectivity index (χ1n) is 8.80. The Bertz CT molecular complexity index is 1190. The third-order valence-electron chi connectivity index (χ3n) is 4.70. The third-order valence-corrected chi connectivity index (χ3v) is 5.01. The maximum Gasteiger partial charge on any atom is 0.278 e. The lowest BCUT2D eigenvalue weighted by Crippen LogP contribution is -2.21. The molecular weight excluding hydrogens is 402 g/mol. The molecule has 29 heavy (non-hydrogen) atoms. The van der Waals surface area contributed by atoms with Gasteiger partial charge in [-0.25, -0.2) is 8.78 Å². The number of hydrogen-bond acceptors (Lipinski definition) is 5. The van der Waals surface area contributed by atoms with E-state index in [1.165, 1.54) is 24.3 Å². The van der Waals surface area contributed by atoms with Crippen LogP contribution in [0, 0.1) is 11.6 Å². The van der Waals surface area contributed by atoms with E-state index in [0.29, 0.717) is 24.4 Å². The third kappa shape index (κ3) is 3.41. The maximum absolute atomic E-state index is 13.7. The van der Waals surface area contributed by atoms with E-state index in [9.17, 15) is 8.78 Å². The van der Waals surface area contributed by atoms with Crippen LogP contribution in [0.25, 0.3) is 23.0 Å². The summed E-state index contributed by atoms with van der Waals surface area (Å²) in [5, 5.41) is 8.45. The van der Waals surface area contributed by atoms with Crippen LogP contribution in [0.3, 0.4) is 0 Å². The average Bonchev–Trinajstić information content (AvgIpc) is 3.37. The lowest BCUT2D eigenvalue weighted by Gasteiger charge is -2.24. The number of rotatable bonds is 3. The molecule has 0 saturated heterocycles. The topological polar surface area (TPSA) is 66.0 Å². The quantitative estimate of drug-likeness (QED) is 0.481. The Morgan fingerprint density at radius 3 is 2.69 bits per heavy atom. The van der Waals surface area contributed by atoms with Crippen molar-refractivity contribution in [2.75, 3.05) is 0 Å². The van der Waals surface area contributed by atoms with E-state index in [1.54, 1.807) is 28.9 Å². The van der Waals surface area contributed by atoms with Gasteiger partial charge in [-0.3, -0.25) is 4.68 Å². The summed E-state index contributed by atoms with van der Waals surface area (Å²) in [6, 6.07) is 12.3. The second kappa shape index (κ2) is 7.06. The van der Waals surface area contributed by atoms with Crippen molar-refractivity contribution in [3.8, 4) is 23.0 Å². The normalized spacial score (nSPS) is 16.0. The molecule has 0 N–H and O–H groups in total. The van der Waals surface area contributed by atoms with Crippen molar-refractivity contribution < 1.29 is 18.0 Å². The monoisotopic (exact) mass is 414 g/mol. The van der Waals surface area contributed by atoms with E-state index in [0.717, 1.165) is 11.3 Å². The van der Waals surface area contributed by atoms with Crippen molar-refractivity contribution in [3.63, 3.8) is 0 Å². The van der Waals surface area contributed by atoms with Gasteiger partial charge >= 0.3 is 0 Å². The van der Waals surface area contributed by atoms with Crippen molar-refractivity contribution in [1.82, 2.24) is 19.9 Å². The van der Waals surface area contributed by atoms with Crippen LogP contribution in [0.15, 0.2) is 53.1 Å². The van der Waals surface area contributed by atoms with Crippen LogP contribution in [0.5, 0.6) is 0 Å². The van der Waals surface area contributed by atoms with Gasteiger partial charge in [0.1, 0.15) is 17.7 Å². The predicted octanol–water partition coefficient (Wildman–Crippen LogP) is 4.80. The van der Waals surface area contributed by atoms with Gasteiger partial charge in [-0.05, 0) is 42.0 Å². The van der Waals surface area contributed by atoms with Crippen LogP contribution >= 0.6 is 11.6 Å². The molecule has 1 atom stereocenters. The Morgan fingerprint density at radius 1 is 1.07 bits per heavy atom. The molecular formula is C20H13ClF2N4O2. The Morgan fingerprint density at radius 2 is 1.90 bits per heavy atom. The van der Waals surface area contributed by atoms with Gasteiger partial charge < -0.3 is 9.26 Å². The largest absolute Gasteiger partial charge is 0.365 e. The van der Waals surface area contributed by atoms with Gasteiger partial charge in [0, 0.05) is 5.56 Å². The summed E-state index contributed by atoms with van der Waals surface area (Å²) in [6.45, 7) is 0.822.